The Labute approximate surface area is 168 Å². The van der Waals surface area contributed by atoms with Gasteiger partial charge in [-0.15, -0.1) is 0 Å². The van der Waals surface area contributed by atoms with E-state index in [1.807, 2.05) is 24.3 Å². The fourth-order valence-corrected chi connectivity index (χ4v) is 4.26. The molecule has 1 aromatic heterocycles. The lowest BCUT2D eigenvalue weighted by Gasteiger charge is -2.42. The number of esters is 1. The average molecular weight is 394 g/mol. The van der Waals surface area contributed by atoms with Crippen LogP contribution in [-0.4, -0.2) is 34.9 Å². The Balaban J connectivity index is 1.88. The minimum Gasteiger partial charge on any atom is -0.464 e. The number of aromatic nitrogens is 1. The van der Waals surface area contributed by atoms with Crippen LogP contribution in [0.15, 0.2) is 48.5 Å². The molecule has 0 spiro atoms. The van der Waals surface area contributed by atoms with Crippen molar-refractivity contribution >= 4 is 22.8 Å². The summed E-state index contributed by atoms with van der Waals surface area (Å²) < 4.78 is 18.7. The van der Waals surface area contributed by atoms with Crippen molar-refractivity contribution in [3.63, 3.8) is 0 Å². The van der Waals surface area contributed by atoms with Gasteiger partial charge in [0.1, 0.15) is 5.82 Å². The zero-order valence-corrected chi connectivity index (χ0v) is 16.7. The van der Waals surface area contributed by atoms with Gasteiger partial charge in [0.15, 0.2) is 6.04 Å². The van der Waals surface area contributed by atoms with Crippen molar-refractivity contribution in [3.8, 4) is 0 Å². The first-order chi connectivity index (χ1) is 13.8. The average Bonchev–Trinajstić information content (AvgIpc) is 3.08. The number of ether oxygens (including phenoxy) is 1. The van der Waals surface area contributed by atoms with Crippen molar-refractivity contribution in [3.05, 3.63) is 71.2 Å². The second-order valence-electron chi connectivity index (χ2n) is 7.94. The largest absolute Gasteiger partial charge is 0.464 e. The lowest BCUT2D eigenvalue weighted by Crippen LogP contribution is -2.50. The smallest absolute Gasteiger partial charge is 0.335 e. The molecule has 150 valence electrons. The van der Waals surface area contributed by atoms with Crippen LogP contribution in [0.5, 0.6) is 0 Å². The Morgan fingerprint density at radius 3 is 2.55 bits per heavy atom. The molecule has 1 amide bonds. The summed E-state index contributed by atoms with van der Waals surface area (Å²) in [7, 11) is 0. The van der Waals surface area contributed by atoms with Gasteiger partial charge in [0.05, 0.1) is 12.3 Å². The first-order valence-corrected chi connectivity index (χ1v) is 9.67. The maximum absolute atomic E-state index is 13.3. The van der Waals surface area contributed by atoms with E-state index in [0.717, 1.165) is 16.5 Å². The number of hydrogen-bond donors (Lipinski definition) is 1. The summed E-state index contributed by atoms with van der Waals surface area (Å²) in [6.07, 6.45) is 0. The molecule has 0 radical (unpaired) electrons. The maximum Gasteiger partial charge on any atom is 0.335 e. The topological polar surface area (TPSA) is 62.4 Å². The highest BCUT2D eigenvalue weighted by molar-refractivity contribution is 5.99. The van der Waals surface area contributed by atoms with Crippen molar-refractivity contribution in [2.75, 3.05) is 13.2 Å². The van der Waals surface area contributed by atoms with E-state index in [9.17, 15) is 14.0 Å². The minimum absolute atomic E-state index is 0.215. The number of benzene rings is 2. The molecule has 5 nitrogen and oxygen atoms in total. The predicted molar refractivity (Wildman–Crippen MR) is 108 cm³/mol. The van der Waals surface area contributed by atoms with Crippen LogP contribution in [0, 0.1) is 5.82 Å². The van der Waals surface area contributed by atoms with Crippen molar-refractivity contribution in [1.29, 1.82) is 0 Å². The molecule has 1 aliphatic rings. The fraction of sp³-hybridized carbons (Fsp3) is 0.304. The second kappa shape index (κ2) is 7.03. The molecule has 0 saturated heterocycles. The number of fused-ring (bicyclic) bond motifs is 3. The Morgan fingerprint density at radius 2 is 1.86 bits per heavy atom. The molecule has 2 aromatic carbocycles. The van der Waals surface area contributed by atoms with E-state index in [1.54, 1.807) is 6.92 Å². The third-order valence-electron chi connectivity index (χ3n) is 5.42. The zero-order valence-electron chi connectivity index (χ0n) is 16.7. The van der Waals surface area contributed by atoms with Crippen LogP contribution >= 0.6 is 0 Å². The van der Waals surface area contributed by atoms with Crippen molar-refractivity contribution in [1.82, 2.24) is 9.88 Å². The van der Waals surface area contributed by atoms with E-state index >= 15 is 0 Å². The molecule has 0 saturated carbocycles. The molecule has 1 atom stereocenters. The number of hydrogen-bond acceptors (Lipinski definition) is 3. The molecule has 3 aromatic rings. The van der Waals surface area contributed by atoms with Crippen LogP contribution in [0.4, 0.5) is 4.39 Å². The van der Waals surface area contributed by atoms with Gasteiger partial charge in [-0.2, -0.15) is 0 Å². The first-order valence-electron chi connectivity index (χ1n) is 9.67. The van der Waals surface area contributed by atoms with Crippen molar-refractivity contribution in [2.24, 2.45) is 0 Å². The van der Waals surface area contributed by atoms with E-state index in [4.69, 9.17) is 4.74 Å². The first kappa shape index (κ1) is 19.2. The van der Waals surface area contributed by atoms with Crippen LogP contribution in [0.25, 0.3) is 10.9 Å². The van der Waals surface area contributed by atoms with Gasteiger partial charge in [-0.05, 0) is 42.8 Å². The summed E-state index contributed by atoms with van der Waals surface area (Å²) in [4.78, 5) is 31.2. The molecule has 1 aliphatic heterocycles. The van der Waals surface area contributed by atoms with Gasteiger partial charge in [-0.1, -0.05) is 32.0 Å². The van der Waals surface area contributed by atoms with E-state index in [0.29, 0.717) is 17.8 Å². The Bertz CT molecular complexity index is 1090. The summed E-state index contributed by atoms with van der Waals surface area (Å²) in [6.45, 7) is 6.40. The number of carbonyl (C=O) groups excluding carboxylic acids is 2. The lowest BCUT2D eigenvalue weighted by atomic mass is 9.77. The summed E-state index contributed by atoms with van der Waals surface area (Å²) in [5, 5.41) is 1.04. The van der Waals surface area contributed by atoms with Gasteiger partial charge in [-0.25, -0.2) is 9.18 Å². The molecule has 0 aliphatic carbocycles. The van der Waals surface area contributed by atoms with Crippen LogP contribution in [-0.2, 0) is 14.9 Å². The van der Waals surface area contributed by atoms with Gasteiger partial charge in [-0.3, -0.25) is 4.79 Å². The molecule has 0 fully saturated rings. The van der Waals surface area contributed by atoms with Crippen LogP contribution in [0.2, 0.25) is 0 Å². The van der Waals surface area contributed by atoms with Crippen LogP contribution in [0.1, 0.15) is 48.4 Å². The van der Waals surface area contributed by atoms with Crippen LogP contribution < -0.4 is 0 Å². The zero-order chi connectivity index (χ0) is 20.8. The third-order valence-corrected chi connectivity index (χ3v) is 5.42. The highest BCUT2D eigenvalue weighted by atomic mass is 19.1. The van der Waals surface area contributed by atoms with E-state index in [-0.39, 0.29) is 12.5 Å². The number of carbonyl (C=O) groups is 2. The summed E-state index contributed by atoms with van der Waals surface area (Å²) in [5.74, 6) is -1.23. The number of H-pyrrole nitrogens is 1. The van der Waals surface area contributed by atoms with Gasteiger partial charge >= 0.3 is 5.97 Å². The van der Waals surface area contributed by atoms with Gasteiger partial charge in [0.2, 0.25) is 0 Å². The molecule has 4 rings (SSSR count). The van der Waals surface area contributed by atoms with Crippen molar-refractivity contribution in [2.45, 2.75) is 32.2 Å². The fourth-order valence-electron chi connectivity index (χ4n) is 4.26. The summed E-state index contributed by atoms with van der Waals surface area (Å²) >= 11 is 0. The molecule has 1 N–H and O–H groups in total. The lowest BCUT2D eigenvalue weighted by molar-refractivity contribution is -0.149. The summed E-state index contributed by atoms with van der Waals surface area (Å²) in [5.41, 5.74) is 2.55. The molecule has 6 heteroatoms. The number of aromatic amines is 1. The van der Waals surface area contributed by atoms with E-state index in [1.165, 1.54) is 29.2 Å². The normalized spacial score (nSPS) is 17.8. The summed E-state index contributed by atoms with van der Waals surface area (Å²) in [6, 6.07) is 12.3. The quantitative estimate of drug-likeness (QED) is 0.672. The number of rotatable bonds is 3. The minimum atomic E-state index is -0.886. The molecule has 1 unspecified atom stereocenters. The van der Waals surface area contributed by atoms with Gasteiger partial charge < -0.3 is 14.6 Å². The van der Waals surface area contributed by atoms with Gasteiger partial charge in [0, 0.05) is 28.4 Å². The SMILES string of the molecule is CCOC(=O)C1c2[nH]c3ccccc3c2C(C)(C)CN1C(=O)c1ccc(F)cc1. The molecular formula is C23H23FN2O3. The standard InChI is InChI=1S/C23H23FN2O3/c1-4-29-22(28)20-19-18(16-7-5-6-8-17(16)25-19)23(2,3)13-26(20)21(27)14-9-11-15(24)12-10-14/h5-12,20,25H,4,13H2,1-3H3. The van der Waals surface area contributed by atoms with Gasteiger partial charge in [0.25, 0.3) is 5.91 Å². The number of amides is 1. The van der Waals surface area contributed by atoms with Crippen molar-refractivity contribution < 1.29 is 18.7 Å². The maximum atomic E-state index is 13.3. The molecule has 0 bridgehead atoms. The highest BCUT2D eigenvalue weighted by Crippen LogP contribution is 2.44. The highest BCUT2D eigenvalue weighted by Gasteiger charge is 2.46. The Kier molecular flexibility index (Phi) is 4.65. The Morgan fingerprint density at radius 1 is 1.17 bits per heavy atom. The van der Waals surface area contributed by atoms with Crippen LogP contribution in [0.3, 0.4) is 0 Å². The Hall–Kier alpha value is -3.15. The van der Waals surface area contributed by atoms with E-state index in [2.05, 4.69) is 18.8 Å². The predicted octanol–water partition coefficient (Wildman–Crippen LogP) is 4.34. The number of para-hydroxylation sites is 1. The monoisotopic (exact) mass is 394 g/mol. The molecule has 29 heavy (non-hydrogen) atoms. The third kappa shape index (κ3) is 3.18. The second-order valence-corrected chi connectivity index (χ2v) is 7.94. The number of nitrogens with one attached hydrogen (secondary N) is 1. The molecule has 2 heterocycles. The van der Waals surface area contributed by atoms with E-state index < -0.39 is 23.2 Å². The molecular weight excluding hydrogens is 371 g/mol. The number of halogens is 1. The number of nitrogens with zero attached hydrogens (tertiary/aromatic N) is 1.